The molecule has 2 atom stereocenters. The van der Waals surface area contributed by atoms with Gasteiger partial charge < -0.3 is 10.2 Å². The quantitative estimate of drug-likeness (QED) is 0.788. The zero-order chi connectivity index (χ0) is 11.4. The van der Waals surface area contributed by atoms with Crippen molar-refractivity contribution in [2.24, 2.45) is 17.8 Å². The second kappa shape index (κ2) is 6.02. The first-order valence-corrected chi connectivity index (χ1v) is 7.15. The average Bonchev–Trinajstić information content (AvgIpc) is 2.66. The molecule has 1 aliphatic heterocycles. The second-order valence-corrected chi connectivity index (χ2v) is 6.12. The van der Waals surface area contributed by atoms with Crippen molar-refractivity contribution in [3.05, 3.63) is 0 Å². The number of rotatable bonds is 4. The standard InChI is InChI=1S/C14H28N2/c1-12-8-15-9-14(12)11-16(2)10-13-6-4-3-5-7-13/h12-15H,3-11H2,1-2H3/t12-,14+/m1/s1. The van der Waals surface area contributed by atoms with Crippen molar-refractivity contribution >= 4 is 0 Å². The van der Waals surface area contributed by atoms with Gasteiger partial charge in [0.1, 0.15) is 0 Å². The predicted octanol–water partition coefficient (Wildman–Crippen LogP) is 2.35. The molecule has 0 amide bonds. The first-order valence-electron chi connectivity index (χ1n) is 7.15. The monoisotopic (exact) mass is 224 g/mol. The van der Waals surface area contributed by atoms with Crippen LogP contribution in [0, 0.1) is 17.8 Å². The lowest BCUT2D eigenvalue weighted by molar-refractivity contribution is 0.200. The van der Waals surface area contributed by atoms with Gasteiger partial charge in [-0.25, -0.2) is 0 Å². The van der Waals surface area contributed by atoms with Crippen molar-refractivity contribution in [3.8, 4) is 0 Å². The molecule has 1 heterocycles. The Morgan fingerprint density at radius 3 is 2.44 bits per heavy atom. The van der Waals surface area contributed by atoms with Gasteiger partial charge in [-0.05, 0) is 50.7 Å². The molecule has 2 rings (SSSR count). The van der Waals surface area contributed by atoms with Crippen molar-refractivity contribution in [3.63, 3.8) is 0 Å². The van der Waals surface area contributed by atoms with E-state index in [1.165, 1.54) is 58.3 Å². The highest BCUT2D eigenvalue weighted by molar-refractivity contribution is 4.80. The SMILES string of the molecule is C[C@@H]1CNC[C@H]1CN(C)CC1CCCCC1. The minimum absolute atomic E-state index is 0.869. The summed E-state index contributed by atoms with van der Waals surface area (Å²) in [7, 11) is 2.32. The number of nitrogens with one attached hydrogen (secondary N) is 1. The molecule has 1 saturated heterocycles. The molecule has 0 unspecified atom stereocenters. The third kappa shape index (κ3) is 3.46. The van der Waals surface area contributed by atoms with E-state index >= 15 is 0 Å². The van der Waals surface area contributed by atoms with Gasteiger partial charge >= 0.3 is 0 Å². The van der Waals surface area contributed by atoms with Gasteiger partial charge in [0.15, 0.2) is 0 Å². The Labute approximate surface area is 101 Å². The average molecular weight is 224 g/mol. The summed E-state index contributed by atoms with van der Waals surface area (Å²) in [5.41, 5.74) is 0. The Bertz CT molecular complexity index is 199. The van der Waals surface area contributed by atoms with Crippen molar-refractivity contribution in [1.29, 1.82) is 0 Å². The fraction of sp³-hybridized carbons (Fsp3) is 1.00. The minimum Gasteiger partial charge on any atom is -0.316 e. The van der Waals surface area contributed by atoms with E-state index in [9.17, 15) is 0 Å². The van der Waals surface area contributed by atoms with Crippen LogP contribution in [0.25, 0.3) is 0 Å². The number of hydrogen-bond acceptors (Lipinski definition) is 2. The number of hydrogen-bond donors (Lipinski definition) is 1. The number of nitrogens with zero attached hydrogens (tertiary/aromatic N) is 1. The van der Waals surface area contributed by atoms with Crippen LogP contribution in [0.2, 0.25) is 0 Å². The molecule has 2 aliphatic rings. The normalized spacial score (nSPS) is 32.4. The molecule has 94 valence electrons. The van der Waals surface area contributed by atoms with Crippen LogP contribution < -0.4 is 5.32 Å². The van der Waals surface area contributed by atoms with Crippen molar-refractivity contribution in [2.45, 2.75) is 39.0 Å². The molecule has 2 fully saturated rings. The van der Waals surface area contributed by atoms with E-state index in [4.69, 9.17) is 0 Å². The first kappa shape index (κ1) is 12.4. The maximum Gasteiger partial charge on any atom is 0.00219 e. The van der Waals surface area contributed by atoms with Gasteiger partial charge in [-0.2, -0.15) is 0 Å². The third-order valence-corrected chi connectivity index (χ3v) is 4.52. The lowest BCUT2D eigenvalue weighted by Gasteiger charge is -2.29. The first-order chi connectivity index (χ1) is 7.75. The molecule has 0 radical (unpaired) electrons. The molecule has 16 heavy (non-hydrogen) atoms. The third-order valence-electron chi connectivity index (χ3n) is 4.52. The second-order valence-electron chi connectivity index (χ2n) is 6.12. The summed E-state index contributed by atoms with van der Waals surface area (Å²) >= 11 is 0. The summed E-state index contributed by atoms with van der Waals surface area (Å²) in [6.07, 6.45) is 7.37. The van der Waals surface area contributed by atoms with Crippen LogP contribution in [0.5, 0.6) is 0 Å². The lowest BCUT2D eigenvalue weighted by Crippen LogP contribution is -2.33. The zero-order valence-corrected chi connectivity index (χ0v) is 11.0. The van der Waals surface area contributed by atoms with Crippen LogP contribution >= 0.6 is 0 Å². The van der Waals surface area contributed by atoms with E-state index in [0.29, 0.717) is 0 Å². The van der Waals surface area contributed by atoms with Crippen molar-refractivity contribution in [2.75, 3.05) is 33.2 Å². The van der Waals surface area contributed by atoms with E-state index in [1.54, 1.807) is 0 Å². The van der Waals surface area contributed by atoms with Gasteiger partial charge in [0.05, 0.1) is 0 Å². The van der Waals surface area contributed by atoms with Gasteiger partial charge in [0, 0.05) is 13.1 Å². The van der Waals surface area contributed by atoms with Crippen LogP contribution in [0.4, 0.5) is 0 Å². The fourth-order valence-corrected chi connectivity index (χ4v) is 3.39. The van der Waals surface area contributed by atoms with Crippen LogP contribution in [-0.2, 0) is 0 Å². The lowest BCUT2D eigenvalue weighted by atomic mass is 9.88. The van der Waals surface area contributed by atoms with Crippen LogP contribution in [-0.4, -0.2) is 38.1 Å². The Balaban J connectivity index is 1.68. The van der Waals surface area contributed by atoms with Crippen molar-refractivity contribution < 1.29 is 0 Å². The van der Waals surface area contributed by atoms with Crippen LogP contribution in [0.1, 0.15) is 39.0 Å². The predicted molar refractivity (Wildman–Crippen MR) is 69.6 cm³/mol. The highest BCUT2D eigenvalue weighted by atomic mass is 15.1. The molecule has 0 aromatic rings. The van der Waals surface area contributed by atoms with E-state index in [1.807, 2.05) is 0 Å². The summed E-state index contributed by atoms with van der Waals surface area (Å²) in [5, 5.41) is 3.50. The van der Waals surface area contributed by atoms with E-state index in [2.05, 4.69) is 24.2 Å². The highest BCUT2D eigenvalue weighted by Crippen LogP contribution is 2.25. The Kier molecular flexibility index (Phi) is 4.66. The Morgan fingerprint density at radius 1 is 1.06 bits per heavy atom. The molecule has 0 aromatic heterocycles. The largest absolute Gasteiger partial charge is 0.316 e. The summed E-state index contributed by atoms with van der Waals surface area (Å²) in [5.74, 6) is 2.74. The van der Waals surface area contributed by atoms with Crippen LogP contribution in [0.15, 0.2) is 0 Å². The summed E-state index contributed by atoms with van der Waals surface area (Å²) in [4.78, 5) is 2.59. The molecular formula is C14H28N2. The molecule has 2 nitrogen and oxygen atoms in total. The van der Waals surface area contributed by atoms with Crippen molar-refractivity contribution in [1.82, 2.24) is 10.2 Å². The molecule has 0 aromatic carbocycles. The maximum absolute atomic E-state index is 3.50. The highest BCUT2D eigenvalue weighted by Gasteiger charge is 2.25. The molecular weight excluding hydrogens is 196 g/mol. The maximum atomic E-state index is 3.50. The minimum atomic E-state index is 0.869. The molecule has 1 aliphatic carbocycles. The topological polar surface area (TPSA) is 15.3 Å². The molecule has 0 spiro atoms. The Morgan fingerprint density at radius 2 is 1.81 bits per heavy atom. The molecule has 0 bridgehead atoms. The fourth-order valence-electron chi connectivity index (χ4n) is 3.39. The van der Waals surface area contributed by atoms with E-state index < -0.39 is 0 Å². The molecule has 1 N–H and O–H groups in total. The van der Waals surface area contributed by atoms with Gasteiger partial charge in [-0.15, -0.1) is 0 Å². The van der Waals surface area contributed by atoms with Gasteiger partial charge in [0.25, 0.3) is 0 Å². The van der Waals surface area contributed by atoms with Gasteiger partial charge in [-0.1, -0.05) is 26.2 Å². The summed E-state index contributed by atoms with van der Waals surface area (Å²) in [6, 6.07) is 0. The molecule has 2 heteroatoms. The van der Waals surface area contributed by atoms with Gasteiger partial charge in [0.2, 0.25) is 0 Å². The van der Waals surface area contributed by atoms with E-state index in [-0.39, 0.29) is 0 Å². The summed E-state index contributed by atoms with van der Waals surface area (Å²) < 4.78 is 0. The van der Waals surface area contributed by atoms with Crippen LogP contribution in [0.3, 0.4) is 0 Å². The smallest absolute Gasteiger partial charge is 0.00219 e. The molecule has 1 saturated carbocycles. The van der Waals surface area contributed by atoms with E-state index in [0.717, 1.165) is 17.8 Å². The van der Waals surface area contributed by atoms with Gasteiger partial charge in [-0.3, -0.25) is 0 Å². The summed E-state index contributed by atoms with van der Waals surface area (Å²) in [6.45, 7) is 7.48. The zero-order valence-electron chi connectivity index (χ0n) is 11.0. The Hall–Kier alpha value is -0.0800.